The summed E-state index contributed by atoms with van der Waals surface area (Å²) in [6.45, 7) is -0.203. The molecule has 1 aromatic carbocycles. The molecule has 2 rings (SSSR count). The third kappa shape index (κ3) is 1.68. The summed E-state index contributed by atoms with van der Waals surface area (Å²) in [5.41, 5.74) is 0.304. The maximum atomic E-state index is 13.0. The fourth-order valence-electron chi connectivity index (χ4n) is 1.45. The molecule has 4 nitrogen and oxygen atoms in total. The van der Waals surface area contributed by atoms with Gasteiger partial charge in [-0.3, -0.25) is 9.69 Å². The molecule has 0 aromatic heterocycles. The van der Waals surface area contributed by atoms with Crippen molar-refractivity contribution >= 4 is 17.9 Å². The fraction of sp³-hybridized carbons (Fsp3) is 0.200. The molecule has 15 heavy (non-hydrogen) atoms. The molecule has 0 saturated heterocycles. The van der Waals surface area contributed by atoms with Gasteiger partial charge < -0.3 is 9.53 Å². The van der Waals surface area contributed by atoms with Crippen molar-refractivity contribution in [3.8, 4) is 5.75 Å². The third-order valence-electron chi connectivity index (χ3n) is 2.12. The maximum Gasteiger partial charge on any atom is 0.265 e. The molecule has 5 heteroatoms. The van der Waals surface area contributed by atoms with Crippen LogP contribution >= 0.6 is 0 Å². The van der Waals surface area contributed by atoms with Gasteiger partial charge in [-0.2, -0.15) is 0 Å². The summed E-state index contributed by atoms with van der Waals surface area (Å²) in [7, 11) is 0. The second kappa shape index (κ2) is 3.68. The highest BCUT2D eigenvalue weighted by molar-refractivity contribution is 5.99. The number of fused-ring (bicyclic) bond motifs is 1. The molecular weight excluding hydrogens is 201 g/mol. The van der Waals surface area contributed by atoms with E-state index in [0.29, 0.717) is 17.7 Å². The van der Waals surface area contributed by atoms with Crippen LogP contribution in [0.1, 0.15) is 0 Å². The van der Waals surface area contributed by atoms with Gasteiger partial charge in [-0.05, 0) is 12.1 Å². The lowest BCUT2D eigenvalue weighted by Crippen LogP contribution is -2.39. The zero-order chi connectivity index (χ0) is 10.8. The highest BCUT2D eigenvalue weighted by Crippen LogP contribution is 2.31. The van der Waals surface area contributed by atoms with Crippen molar-refractivity contribution < 1.29 is 18.7 Å². The summed E-state index contributed by atoms with van der Waals surface area (Å²) in [4.78, 5) is 23.0. The molecule has 0 saturated carbocycles. The molecule has 0 fully saturated rings. The zero-order valence-electron chi connectivity index (χ0n) is 7.77. The van der Waals surface area contributed by atoms with Crippen LogP contribution in [0.4, 0.5) is 10.1 Å². The van der Waals surface area contributed by atoms with Crippen molar-refractivity contribution in [2.45, 2.75) is 0 Å². The molecule has 1 aromatic rings. The van der Waals surface area contributed by atoms with E-state index in [9.17, 15) is 14.0 Å². The van der Waals surface area contributed by atoms with E-state index < -0.39 is 5.82 Å². The lowest BCUT2D eigenvalue weighted by molar-refractivity contribution is -0.122. The van der Waals surface area contributed by atoms with E-state index >= 15 is 0 Å². The minimum absolute atomic E-state index is 0.0847. The molecular formula is C10H8FNO3. The maximum absolute atomic E-state index is 13.0. The standard InChI is InChI=1S/C10H8FNO3/c11-7-1-2-9-8(5-7)12(3-4-13)10(14)6-15-9/h1-2,4-5H,3,6H2. The Morgan fingerprint density at radius 3 is 3.07 bits per heavy atom. The van der Waals surface area contributed by atoms with E-state index in [0.717, 1.165) is 0 Å². The van der Waals surface area contributed by atoms with E-state index in [-0.39, 0.29) is 19.1 Å². The number of benzene rings is 1. The van der Waals surface area contributed by atoms with Crippen LogP contribution in [0.2, 0.25) is 0 Å². The number of anilines is 1. The van der Waals surface area contributed by atoms with Gasteiger partial charge in [0.05, 0.1) is 12.2 Å². The quantitative estimate of drug-likeness (QED) is 0.675. The number of carbonyl (C=O) groups excluding carboxylic acids is 2. The van der Waals surface area contributed by atoms with Crippen LogP contribution in [-0.2, 0) is 9.59 Å². The van der Waals surface area contributed by atoms with Crippen molar-refractivity contribution in [1.29, 1.82) is 0 Å². The van der Waals surface area contributed by atoms with Crippen LogP contribution in [0, 0.1) is 5.82 Å². The Bertz CT molecular complexity index is 419. The minimum atomic E-state index is -0.469. The van der Waals surface area contributed by atoms with E-state index in [1.165, 1.54) is 23.1 Å². The van der Waals surface area contributed by atoms with E-state index in [1.807, 2.05) is 0 Å². The van der Waals surface area contributed by atoms with Gasteiger partial charge in [0.1, 0.15) is 17.9 Å². The average Bonchev–Trinajstić information content (AvgIpc) is 2.23. The Morgan fingerprint density at radius 1 is 1.53 bits per heavy atom. The Kier molecular flexibility index (Phi) is 2.37. The molecule has 0 atom stereocenters. The summed E-state index contributed by atoms with van der Waals surface area (Å²) in [5.74, 6) is -0.402. The first kappa shape index (κ1) is 9.64. The van der Waals surface area contributed by atoms with Crippen LogP contribution in [0.15, 0.2) is 18.2 Å². The summed E-state index contributed by atoms with van der Waals surface area (Å²) in [5, 5.41) is 0. The minimum Gasteiger partial charge on any atom is -0.482 e. The Labute approximate surface area is 85.2 Å². The van der Waals surface area contributed by atoms with E-state index in [1.54, 1.807) is 0 Å². The number of nitrogens with zero attached hydrogens (tertiary/aromatic N) is 1. The molecule has 0 aliphatic carbocycles. The van der Waals surface area contributed by atoms with Gasteiger partial charge in [0.15, 0.2) is 6.61 Å². The third-order valence-corrected chi connectivity index (χ3v) is 2.12. The highest BCUT2D eigenvalue weighted by Gasteiger charge is 2.25. The predicted octanol–water partition coefficient (Wildman–Crippen LogP) is 0.750. The SMILES string of the molecule is O=CCN1C(=O)COc2ccc(F)cc21. The first-order valence-electron chi connectivity index (χ1n) is 4.38. The van der Waals surface area contributed by atoms with Crippen LogP contribution in [-0.4, -0.2) is 25.3 Å². The second-order valence-electron chi connectivity index (χ2n) is 3.07. The van der Waals surface area contributed by atoms with E-state index in [4.69, 9.17) is 4.74 Å². The van der Waals surface area contributed by atoms with Gasteiger partial charge >= 0.3 is 0 Å². The number of halogens is 1. The van der Waals surface area contributed by atoms with Crippen molar-refractivity contribution in [1.82, 2.24) is 0 Å². The molecule has 0 bridgehead atoms. The molecule has 1 aliphatic rings. The van der Waals surface area contributed by atoms with Crippen LogP contribution in [0.25, 0.3) is 0 Å². The number of hydrogen-bond acceptors (Lipinski definition) is 3. The highest BCUT2D eigenvalue weighted by atomic mass is 19.1. The van der Waals surface area contributed by atoms with Gasteiger partial charge in [-0.1, -0.05) is 0 Å². The Morgan fingerprint density at radius 2 is 2.33 bits per heavy atom. The largest absolute Gasteiger partial charge is 0.482 e. The van der Waals surface area contributed by atoms with Gasteiger partial charge in [0.2, 0.25) is 0 Å². The first-order valence-corrected chi connectivity index (χ1v) is 4.38. The molecule has 1 aliphatic heterocycles. The molecule has 0 radical (unpaired) electrons. The van der Waals surface area contributed by atoms with Crippen LogP contribution < -0.4 is 9.64 Å². The lowest BCUT2D eigenvalue weighted by Gasteiger charge is -2.27. The number of aldehydes is 1. The summed E-state index contributed by atoms with van der Waals surface area (Å²) >= 11 is 0. The molecule has 0 N–H and O–H groups in total. The Balaban J connectivity index is 2.45. The smallest absolute Gasteiger partial charge is 0.265 e. The molecule has 1 amide bonds. The topological polar surface area (TPSA) is 46.6 Å². The van der Waals surface area contributed by atoms with Crippen molar-refractivity contribution in [2.24, 2.45) is 0 Å². The summed E-state index contributed by atoms with van der Waals surface area (Å²) < 4.78 is 18.0. The Hall–Kier alpha value is -1.91. The molecule has 1 heterocycles. The van der Waals surface area contributed by atoms with E-state index in [2.05, 4.69) is 0 Å². The van der Waals surface area contributed by atoms with Crippen LogP contribution in [0.3, 0.4) is 0 Å². The average molecular weight is 209 g/mol. The normalized spacial score (nSPS) is 14.5. The second-order valence-corrected chi connectivity index (χ2v) is 3.07. The predicted molar refractivity (Wildman–Crippen MR) is 50.3 cm³/mol. The van der Waals surface area contributed by atoms with Gasteiger partial charge in [-0.15, -0.1) is 0 Å². The summed E-state index contributed by atoms with van der Waals surface area (Å²) in [6.07, 6.45) is 0.595. The van der Waals surface area contributed by atoms with Crippen molar-refractivity contribution in [2.75, 3.05) is 18.1 Å². The van der Waals surface area contributed by atoms with Crippen molar-refractivity contribution in [3.05, 3.63) is 24.0 Å². The van der Waals surface area contributed by atoms with Gasteiger partial charge in [0.25, 0.3) is 5.91 Å². The number of carbonyl (C=O) groups is 2. The van der Waals surface area contributed by atoms with Gasteiger partial charge in [0, 0.05) is 6.07 Å². The number of hydrogen-bond donors (Lipinski definition) is 0. The fourth-order valence-corrected chi connectivity index (χ4v) is 1.45. The molecule has 0 spiro atoms. The molecule has 78 valence electrons. The monoisotopic (exact) mass is 209 g/mol. The number of amides is 1. The lowest BCUT2D eigenvalue weighted by atomic mass is 10.2. The van der Waals surface area contributed by atoms with Crippen molar-refractivity contribution in [3.63, 3.8) is 0 Å². The number of ether oxygens (including phenoxy) is 1. The molecule has 0 unspecified atom stereocenters. The first-order chi connectivity index (χ1) is 7.22. The van der Waals surface area contributed by atoms with Crippen LogP contribution in [0.5, 0.6) is 5.75 Å². The number of rotatable bonds is 2. The van der Waals surface area contributed by atoms with Gasteiger partial charge in [-0.25, -0.2) is 4.39 Å². The zero-order valence-corrected chi connectivity index (χ0v) is 7.77. The summed E-state index contributed by atoms with van der Waals surface area (Å²) in [6, 6.07) is 3.86.